The van der Waals surface area contributed by atoms with Gasteiger partial charge in [-0.1, -0.05) is 0 Å². The van der Waals surface area contributed by atoms with E-state index in [1.165, 1.54) is 6.42 Å². The molecular weight excluding hydrogens is 240 g/mol. The van der Waals surface area contributed by atoms with Gasteiger partial charge in [0, 0.05) is 26.2 Å². The maximum absolute atomic E-state index is 11.7. The number of amides is 1. The van der Waals surface area contributed by atoms with Gasteiger partial charge >= 0.3 is 0 Å². The predicted molar refractivity (Wildman–Crippen MR) is 69.5 cm³/mol. The molecule has 100 valence electrons. The van der Waals surface area contributed by atoms with Crippen molar-refractivity contribution in [1.82, 2.24) is 10.2 Å². The van der Waals surface area contributed by atoms with Crippen molar-refractivity contribution in [2.75, 3.05) is 39.4 Å². The Hall–Kier alpha value is -0.320. The average Bonchev–Trinajstić information content (AvgIpc) is 2.75. The van der Waals surface area contributed by atoms with E-state index in [1.54, 1.807) is 0 Å². The number of piperidine rings is 1. The Kier molecular flexibility index (Phi) is 5.70. The van der Waals surface area contributed by atoms with Crippen LogP contribution in [0.15, 0.2) is 0 Å². The van der Waals surface area contributed by atoms with E-state index in [-0.39, 0.29) is 24.9 Å². The number of rotatable bonds is 3. The molecule has 0 aromatic heterocycles. The molecule has 17 heavy (non-hydrogen) atoms. The van der Waals surface area contributed by atoms with Crippen molar-refractivity contribution in [3.05, 3.63) is 0 Å². The minimum atomic E-state index is 0. The number of likely N-dealkylation sites (tertiary alicyclic amines) is 1. The quantitative estimate of drug-likeness (QED) is 0.827. The average molecular weight is 263 g/mol. The number of nitrogens with one attached hydrogen (secondary N) is 1. The molecule has 0 radical (unpaired) electrons. The van der Waals surface area contributed by atoms with Gasteiger partial charge in [-0.25, -0.2) is 0 Å². The maximum atomic E-state index is 11.7. The van der Waals surface area contributed by atoms with Crippen LogP contribution in [0.2, 0.25) is 0 Å². The molecule has 1 spiro atoms. The van der Waals surface area contributed by atoms with Gasteiger partial charge in [-0.15, -0.1) is 12.4 Å². The largest absolute Gasteiger partial charge is 0.372 e. The molecule has 0 unspecified atom stereocenters. The molecule has 1 amide bonds. The molecule has 2 heterocycles. The van der Waals surface area contributed by atoms with Crippen molar-refractivity contribution >= 4 is 18.3 Å². The lowest BCUT2D eigenvalue weighted by Crippen LogP contribution is -2.45. The summed E-state index contributed by atoms with van der Waals surface area (Å²) in [5.74, 6) is 0.155. The first-order valence-electron chi connectivity index (χ1n) is 6.32. The van der Waals surface area contributed by atoms with E-state index in [0.717, 1.165) is 39.0 Å². The highest BCUT2D eigenvalue weighted by Gasteiger charge is 2.37. The van der Waals surface area contributed by atoms with Gasteiger partial charge in [-0.3, -0.25) is 4.79 Å². The van der Waals surface area contributed by atoms with Crippen LogP contribution in [0, 0.1) is 5.41 Å². The lowest BCUT2D eigenvalue weighted by molar-refractivity contribution is -0.138. The lowest BCUT2D eigenvalue weighted by Gasteiger charge is -2.38. The first-order valence-corrected chi connectivity index (χ1v) is 6.32. The summed E-state index contributed by atoms with van der Waals surface area (Å²) in [7, 11) is 0. The van der Waals surface area contributed by atoms with E-state index in [2.05, 4.69) is 5.32 Å². The normalized spacial score (nSPS) is 22.5. The second-order valence-electron chi connectivity index (χ2n) is 4.94. The number of hydrogen-bond donors (Lipinski definition) is 1. The molecule has 0 saturated carbocycles. The summed E-state index contributed by atoms with van der Waals surface area (Å²) in [4.78, 5) is 13.7. The van der Waals surface area contributed by atoms with E-state index in [4.69, 9.17) is 4.74 Å². The number of hydrogen-bond acceptors (Lipinski definition) is 3. The van der Waals surface area contributed by atoms with Crippen molar-refractivity contribution in [2.45, 2.75) is 26.2 Å². The Morgan fingerprint density at radius 1 is 1.35 bits per heavy atom. The molecule has 2 aliphatic heterocycles. The Labute approximate surface area is 109 Å². The number of ether oxygens (including phenoxy) is 1. The zero-order chi connectivity index (χ0) is 11.4. The fraction of sp³-hybridized carbons (Fsp3) is 0.917. The van der Waals surface area contributed by atoms with Gasteiger partial charge in [0.2, 0.25) is 5.91 Å². The van der Waals surface area contributed by atoms with Crippen molar-refractivity contribution in [1.29, 1.82) is 0 Å². The van der Waals surface area contributed by atoms with Crippen LogP contribution in [0.25, 0.3) is 0 Å². The van der Waals surface area contributed by atoms with Crippen LogP contribution in [-0.4, -0.2) is 50.2 Å². The molecule has 2 rings (SSSR count). The predicted octanol–water partition coefficient (Wildman–Crippen LogP) is 1.05. The highest BCUT2D eigenvalue weighted by molar-refractivity contribution is 5.85. The summed E-state index contributed by atoms with van der Waals surface area (Å²) >= 11 is 0. The van der Waals surface area contributed by atoms with E-state index in [1.807, 2.05) is 11.8 Å². The Morgan fingerprint density at radius 3 is 2.59 bits per heavy atom. The monoisotopic (exact) mass is 262 g/mol. The molecule has 4 nitrogen and oxygen atoms in total. The number of halogens is 1. The van der Waals surface area contributed by atoms with Crippen molar-refractivity contribution < 1.29 is 9.53 Å². The van der Waals surface area contributed by atoms with Gasteiger partial charge in [0.05, 0.1) is 0 Å². The lowest BCUT2D eigenvalue weighted by atomic mass is 9.78. The third kappa shape index (κ3) is 3.57. The second-order valence-corrected chi connectivity index (χ2v) is 4.94. The second kappa shape index (κ2) is 6.57. The fourth-order valence-corrected chi connectivity index (χ4v) is 2.73. The summed E-state index contributed by atoms with van der Waals surface area (Å²) in [5, 5.41) is 3.43. The number of carbonyl (C=O) groups is 1. The molecule has 0 aromatic carbocycles. The van der Waals surface area contributed by atoms with E-state index in [0.29, 0.717) is 12.0 Å². The Morgan fingerprint density at radius 2 is 2.06 bits per heavy atom. The van der Waals surface area contributed by atoms with Crippen molar-refractivity contribution in [3.8, 4) is 0 Å². The van der Waals surface area contributed by atoms with E-state index < -0.39 is 0 Å². The summed E-state index contributed by atoms with van der Waals surface area (Å²) in [6.07, 6.45) is 3.58. The van der Waals surface area contributed by atoms with Gasteiger partial charge in [-0.05, 0) is 38.1 Å². The third-order valence-corrected chi connectivity index (χ3v) is 3.94. The number of nitrogens with zero attached hydrogens (tertiary/aromatic N) is 1. The smallest absolute Gasteiger partial charge is 0.248 e. The van der Waals surface area contributed by atoms with E-state index in [9.17, 15) is 4.79 Å². The summed E-state index contributed by atoms with van der Waals surface area (Å²) < 4.78 is 5.16. The molecule has 0 aromatic rings. The van der Waals surface area contributed by atoms with Crippen molar-refractivity contribution in [3.63, 3.8) is 0 Å². The van der Waals surface area contributed by atoms with Gasteiger partial charge in [0.1, 0.15) is 6.61 Å². The summed E-state index contributed by atoms with van der Waals surface area (Å²) in [6, 6.07) is 0. The highest BCUT2D eigenvalue weighted by atomic mass is 35.5. The van der Waals surface area contributed by atoms with Crippen LogP contribution < -0.4 is 5.32 Å². The van der Waals surface area contributed by atoms with Crippen molar-refractivity contribution in [2.24, 2.45) is 5.41 Å². The Bertz CT molecular complexity index is 245. The number of carbonyl (C=O) groups excluding carboxylic acids is 1. The topological polar surface area (TPSA) is 41.6 Å². The van der Waals surface area contributed by atoms with Crippen LogP contribution in [0.5, 0.6) is 0 Å². The first-order chi connectivity index (χ1) is 7.76. The van der Waals surface area contributed by atoms with Gasteiger partial charge in [0.25, 0.3) is 0 Å². The molecule has 2 fully saturated rings. The van der Waals surface area contributed by atoms with Crippen LogP contribution in [-0.2, 0) is 9.53 Å². The molecule has 2 saturated heterocycles. The highest BCUT2D eigenvalue weighted by Crippen LogP contribution is 2.36. The van der Waals surface area contributed by atoms with Crippen LogP contribution in [0.3, 0.4) is 0 Å². The molecule has 0 atom stereocenters. The SMILES string of the molecule is CCOCC(=O)N1CCC2(CCNC2)CC1.Cl. The van der Waals surface area contributed by atoms with E-state index >= 15 is 0 Å². The molecule has 5 heteroatoms. The standard InChI is InChI=1S/C12H22N2O2.ClH/c1-2-16-9-11(15)14-7-4-12(5-8-14)3-6-13-10-12;/h13H,2-10H2,1H3;1H. The zero-order valence-electron chi connectivity index (χ0n) is 10.5. The van der Waals surface area contributed by atoms with Crippen LogP contribution in [0.1, 0.15) is 26.2 Å². The van der Waals surface area contributed by atoms with Gasteiger partial charge < -0.3 is 15.0 Å². The minimum Gasteiger partial charge on any atom is -0.372 e. The Balaban J connectivity index is 0.00000144. The third-order valence-electron chi connectivity index (χ3n) is 3.94. The molecular formula is C12H23ClN2O2. The molecule has 1 N–H and O–H groups in total. The maximum Gasteiger partial charge on any atom is 0.248 e. The fourth-order valence-electron chi connectivity index (χ4n) is 2.73. The molecule has 2 aliphatic rings. The molecule has 0 bridgehead atoms. The summed E-state index contributed by atoms with van der Waals surface area (Å²) in [5.41, 5.74) is 0.488. The van der Waals surface area contributed by atoms with Crippen LogP contribution in [0.4, 0.5) is 0 Å². The zero-order valence-corrected chi connectivity index (χ0v) is 11.4. The van der Waals surface area contributed by atoms with Gasteiger partial charge in [-0.2, -0.15) is 0 Å². The molecule has 0 aliphatic carbocycles. The first kappa shape index (κ1) is 14.7. The minimum absolute atomic E-state index is 0. The summed E-state index contributed by atoms with van der Waals surface area (Å²) in [6.45, 7) is 6.90. The van der Waals surface area contributed by atoms with Crippen LogP contribution >= 0.6 is 12.4 Å². The van der Waals surface area contributed by atoms with Gasteiger partial charge in [0.15, 0.2) is 0 Å².